The summed E-state index contributed by atoms with van der Waals surface area (Å²) in [5.41, 5.74) is 1.57. The Bertz CT molecular complexity index is 906. The number of nitrogens with one attached hydrogen (secondary N) is 1. The van der Waals surface area contributed by atoms with E-state index in [4.69, 9.17) is 4.74 Å². The molecule has 0 saturated carbocycles. The van der Waals surface area contributed by atoms with Crippen molar-refractivity contribution in [2.75, 3.05) is 13.8 Å². The smallest absolute Gasteiger partial charge is 0.358 e. The number of amides is 2. The molecule has 2 heterocycles. The molecule has 0 bridgehead atoms. The van der Waals surface area contributed by atoms with Crippen molar-refractivity contribution < 1.29 is 33.8 Å². The van der Waals surface area contributed by atoms with Gasteiger partial charge in [-0.25, -0.2) is 4.79 Å². The third-order valence-electron chi connectivity index (χ3n) is 5.07. The van der Waals surface area contributed by atoms with Crippen molar-refractivity contribution >= 4 is 29.3 Å². The van der Waals surface area contributed by atoms with Crippen molar-refractivity contribution in [3.8, 4) is 0 Å². The fraction of sp³-hybridized carbons (Fsp3) is 0.400. The molecule has 3 rings (SSSR count). The van der Waals surface area contributed by atoms with Gasteiger partial charge in [-0.1, -0.05) is 12.1 Å². The van der Waals surface area contributed by atoms with Gasteiger partial charge in [-0.2, -0.15) is 0 Å². The molecule has 3 atom stereocenters. The SMILES string of the molecule is CNC(=O)c1cccc(C2=C(C(=O)OCOC(C)=O)N3C(=O)[C@H]([C@@H](C)O)[C@H]3C2)c1. The van der Waals surface area contributed by atoms with Crippen LogP contribution in [0.25, 0.3) is 5.57 Å². The number of hydrogen-bond acceptors (Lipinski definition) is 7. The second-order valence-electron chi connectivity index (χ2n) is 6.92. The van der Waals surface area contributed by atoms with E-state index < -0.39 is 30.8 Å². The highest BCUT2D eigenvalue weighted by Crippen LogP contribution is 2.47. The summed E-state index contributed by atoms with van der Waals surface area (Å²) in [6.45, 7) is 2.14. The quantitative estimate of drug-likeness (QED) is 0.402. The summed E-state index contributed by atoms with van der Waals surface area (Å²) in [4.78, 5) is 49.4. The predicted octanol–water partition coefficient (Wildman–Crippen LogP) is 0.433. The van der Waals surface area contributed by atoms with Gasteiger partial charge < -0.3 is 24.8 Å². The zero-order valence-corrected chi connectivity index (χ0v) is 16.3. The van der Waals surface area contributed by atoms with Gasteiger partial charge in [0.05, 0.1) is 18.1 Å². The number of aliphatic hydroxyl groups excluding tert-OH is 1. The Balaban J connectivity index is 1.97. The number of nitrogens with zero attached hydrogens (tertiary/aromatic N) is 1. The minimum atomic E-state index is -0.862. The number of carbonyl (C=O) groups excluding carboxylic acids is 4. The molecule has 0 unspecified atom stereocenters. The van der Waals surface area contributed by atoms with E-state index in [2.05, 4.69) is 10.1 Å². The van der Waals surface area contributed by atoms with Crippen molar-refractivity contribution in [1.29, 1.82) is 0 Å². The average molecular weight is 402 g/mol. The summed E-state index contributed by atoms with van der Waals surface area (Å²) < 4.78 is 9.65. The molecule has 9 nitrogen and oxygen atoms in total. The molecule has 0 aliphatic carbocycles. The minimum Gasteiger partial charge on any atom is -0.428 e. The summed E-state index contributed by atoms with van der Waals surface area (Å²) in [7, 11) is 1.51. The lowest BCUT2D eigenvalue weighted by atomic mass is 9.82. The first-order chi connectivity index (χ1) is 13.8. The zero-order chi connectivity index (χ0) is 21.3. The number of carbonyl (C=O) groups is 4. The highest BCUT2D eigenvalue weighted by atomic mass is 16.7. The van der Waals surface area contributed by atoms with Crippen LogP contribution in [0.2, 0.25) is 0 Å². The van der Waals surface area contributed by atoms with Crippen LogP contribution in [0, 0.1) is 5.92 Å². The molecule has 1 aromatic rings. The van der Waals surface area contributed by atoms with E-state index >= 15 is 0 Å². The molecule has 1 aromatic carbocycles. The number of aliphatic hydroxyl groups is 1. The number of β-lactam (4-membered cyclic amide) rings is 1. The monoisotopic (exact) mass is 402 g/mol. The van der Waals surface area contributed by atoms with Crippen LogP contribution in [0.5, 0.6) is 0 Å². The Labute approximate surface area is 167 Å². The van der Waals surface area contributed by atoms with Crippen LogP contribution in [-0.4, -0.2) is 59.7 Å². The molecule has 1 fully saturated rings. The highest BCUT2D eigenvalue weighted by Gasteiger charge is 2.57. The molecule has 0 radical (unpaired) electrons. The van der Waals surface area contributed by atoms with Crippen molar-refractivity contribution in [1.82, 2.24) is 10.2 Å². The third-order valence-corrected chi connectivity index (χ3v) is 5.07. The van der Waals surface area contributed by atoms with Gasteiger partial charge in [-0.15, -0.1) is 0 Å². The fourth-order valence-corrected chi connectivity index (χ4v) is 3.74. The zero-order valence-electron chi connectivity index (χ0n) is 16.3. The van der Waals surface area contributed by atoms with Gasteiger partial charge in [-0.05, 0) is 36.6 Å². The van der Waals surface area contributed by atoms with Crippen LogP contribution < -0.4 is 5.32 Å². The second kappa shape index (κ2) is 8.04. The molecule has 0 aromatic heterocycles. The second-order valence-corrected chi connectivity index (χ2v) is 6.92. The largest absolute Gasteiger partial charge is 0.428 e. The van der Waals surface area contributed by atoms with Gasteiger partial charge in [0.15, 0.2) is 0 Å². The number of hydrogen-bond donors (Lipinski definition) is 2. The standard InChI is InChI=1S/C20H22N2O7/c1-10(23)16-15-8-14(12-5-4-6-13(7-12)18(25)21-3)17(22(15)19(16)26)20(27)29-9-28-11(2)24/h4-7,10,15-16,23H,8-9H2,1-3H3,(H,21,25)/t10-,15-,16-/m1/s1. The molecular weight excluding hydrogens is 380 g/mol. The van der Waals surface area contributed by atoms with Crippen LogP contribution in [0.1, 0.15) is 36.2 Å². The Kier molecular flexibility index (Phi) is 5.69. The first-order valence-corrected chi connectivity index (χ1v) is 9.13. The Morgan fingerprint density at radius 2 is 2.03 bits per heavy atom. The average Bonchev–Trinajstić information content (AvgIpc) is 3.01. The molecule has 29 heavy (non-hydrogen) atoms. The lowest BCUT2D eigenvalue weighted by molar-refractivity contribution is -0.170. The predicted molar refractivity (Wildman–Crippen MR) is 99.9 cm³/mol. The van der Waals surface area contributed by atoms with E-state index in [1.54, 1.807) is 24.3 Å². The summed E-state index contributed by atoms with van der Waals surface area (Å²) in [6.07, 6.45) is -0.533. The van der Waals surface area contributed by atoms with Crippen molar-refractivity contribution in [3.05, 3.63) is 41.1 Å². The Hall–Kier alpha value is -3.20. The van der Waals surface area contributed by atoms with Gasteiger partial charge in [0.2, 0.25) is 12.7 Å². The molecule has 1 saturated heterocycles. The molecule has 2 N–H and O–H groups in total. The van der Waals surface area contributed by atoms with Crippen LogP contribution >= 0.6 is 0 Å². The molecule has 0 spiro atoms. The molecule has 2 amide bonds. The van der Waals surface area contributed by atoms with Gasteiger partial charge in [0.25, 0.3) is 5.91 Å². The van der Waals surface area contributed by atoms with E-state index in [0.717, 1.165) is 0 Å². The van der Waals surface area contributed by atoms with E-state index in [-0.39, 0.29) is 23.6 Å². The van der Waals surface area contributed by atoms with Crippen LogP contribution in [0.3, 0.4) is 0 Å². The number of benzene rings is 1. The van der Waals surface area contributed by atoms with E-state index in [1.165, 1.54) is 25.8 Å². The van der Waals surface area contributed by atoms with E-state index in [9.17, 15) is 24.3 Å². The number of fused-ring (bicyclic) bond motifs is 1. The normalized spacial score (nSPS) is 21.2. The first-order valence-electron chi connectivity index (χ1n) is 9.13. The Morgan fingerprint density at radius 1 is 1.31 bits per heavy atom. The maximum Gasteiger partial charge on any atom is 0.358 e. The maximum atomic E-state index is 12.7. The van der Waals surface area contributed by atoms with Crippen LogP contribution in [0.4, 0.5) is 0 Å². The molecule has 2 aliphatic heterocycles. The molecular formula is C20H22N2O7. The van der Waals surface area contributed by atoms with Crippen LogP contribution in [0.15, 0.2) is 30.0 Å². The molecule has 9 heteroatoms. The number of rotatable bonds is 6. The van der Waals surface area contributed by atoms with Gasteiger partial charge in [-0.3, -0.25) is 14.4 Å². The molecule has 2 aliphatic rings. The fourth-order valence-electron chi connectivity index (χ4n) is 3.74. The topological polar surface area (TPSA) is 122 Å². The number of ether oxygens (including phenoxy) is 2. The summed E-state index contributed by atoms with van der Waals surface area (Å²) in [6, 6.07) is 6.29. The summed E-state index contributed by atoms with van der Waals surface area (Å²) in [5, 5.41) is 12.5. The summed E-state index contributed by atoms with van der Waals surface area (Å²) in [5.74, 6) is -2.70. The van der Waals surface area contributed by atoms with Gasteiger partial charge >= 0.3 is 11.9 Å². The minimum absolute atomic E-state index is 0.0399. The highest BCUT2D eigenvalue weighted by molar-refractivity contribution is 6.07. The van der Waals surface area contributed by atoms with E-state index in [0.29, 0.717) is 23.1 Å². The van der Waals surface area contributed by atoms with E-state index in [1.807, 2.05) is 0 Å². The van der Waals surface area contributed by atoms with Gasteiger partial charge in [0.1, 0.15) is 5.70 Å². The third kappa shape index (κ3) is 3.73. The summed E-state index contributed by atoms with van der Waals surface area (Å²) >= 11 is 0. The Morgan fingerprint density at radius 3 is 2.66 bits per heavy atom. The van der Waals surface area contributed by atoms with Crippen molar-refractivity contribution in [2.24, 2.45) is 5.92 Å². The van der Waals surface area contributed by atoms with Gasteiger partial charge in [0, 0.05) is 19.5 Å². The lowest BCUT2D eigenvalue weighted by Gasteiger charge is -2.44. The van der Waals surface area contributed by atoms with Crippen LogP contribution in [-0.2, 0) is 23.9 Å². The molecule has 154 valence electrons. The first kappa shape index (κ1) is 20.5. The lowest BCUT2D eigenvalue weighted by Crippen LogP contribution is -2.61. The van der Waals surface area contributed by atoms with Crippen molar-refractivity contribution in [3.63, 3.8) is 0 Å². The van der Waals surface area contributed by atoms with Crippen molar-refractivity contribution in [2.45, 2.75) is 32.4 Å². The number of esters is 2. The maximum absolute atomic E-state index is 12.7.